The third-order valence-electron chi connectivity index (χ3n) is 3.81. The van der Waals surface area contributed by atoms with Gasteiger partial charge in [0.05, 0.1) is 18.4 Å². The molecule has 0 saturated carbocycles. The number of hydrogen-bond acceptors (Lipinski definition) is 3. The first-order chi connectivity index (χ1) is 13.0. The third kappa shape index (κ3) is 4.03. The predicted molar refractivity (Wildman–Crippen MR) is 97.0 cm³/mol. The van der Waals surface area contributed by atoms with Gasteiger partial charge in [-0.25, -0.2) is 13.2 Å². The fraction of sp³-hybridized carbons (Fsp3) is 0.0500. The summed E-state index contributed by atoms with van der Waals surface area (Å²) in [5.74, 6) is -4.77. The second-order valence-corrected chi connectivity index (χ2v) is 5.58. The van der Waals surface area contributed by atoms with Crippen LogP contribution in [0.2, 0.25) is 0 Å². The summed E-state index contributed by atoms with van der Waals surface area (Å²) in [5.41, 5.74) is 1.29. The molecule has 0 aliphatic heterocycles. The van der Waals surface area contributed by atoms with Gasteiger partial charge in [-0.2, -0.15) is 0 Å². The molecule has 0 radical (unpaired) electrons. The van der Waals surface area contributed by atoms with Crippen LogP contribution >= 0.6 is 0 Å². The molecule has 0 atom stereocenters. The molecule has 2 N–H and O–H groups in total. The van der Waals surface area contributed by atoms with Crippen LogP contribution in [0.1, 0.15) is 10.4 Å². The van der Waals surface area contributed by atoms with Crippen LogP contribution in [0, 0.1) is 17.5 Å². The highest BCUT2D eigenvalue weighted by molar-refractivity contribution is 6.04. The minimum absolute atomic E-state index is 0.370. The number of nitrogens with one attached hydrogen (secondary N) is 2. The van der Waals surface area contributed by atoms with E-state index in [9.17, 15) is 18.0 Å². The van der Waals surface area contributed by atoms with Gasteiger partial charge in [-0.1, -0.05) is 12.1 Å². The molecule has 3 aromatic carbocycles. The van der Waals surface area contributed by atoms with E-state index in [0.717, 1.165) is 17.4 Å². The maximum absolute atomic E-state index is 13.7. The van der Waals surface area contributed by atoms with Crippen LogP contribution < -0.4 is 15.4 Å². The number of amides is 1. The van der Waals surface area contributed by atoms with Crippen molar-refractivity contribution in [2.45, 2.75) is 0 Å². The summed E-state index contributed by atoms with van der Waals surface area (Å²) in [5, 5.41) is 5.61. The van der Waals surface area contributed by atoms with Crippen molar-refractivity contribution >= 4 is 23.0 Å². The highest BCUT2D eigenvalue weighted by atomic mass is 19.2. The first kappa shape index (κ1) is 18.3. The summed E-state index contributed by atoms with van der Waals surface area (Å²) in [4.78, 5) is 12.1. The van der Waals surface area contributed by atoms with Crippen LogP contribution in [0.3, 0.4) is 0 Å². The number of ether oxygens (including phenoxy) is 1. The van der Waals surface area contributed by atoms with Gasteiger partial charge in [0, 0.05) is 11.4 Å². The molecule has 0 fully saturated rings. The average molecular weight is 372 g/mol. The third-order valence-corrected chi connectivity index (χ3v) is 3.81. The first-order valence-electron chi connectivity index (χ1n) is 7.94. The number of methoxy groups -OCH3 is 1. The minimum Gasteiger partial charge on any atom is -0.495 e. The summed E-state index contributed by atoms with van der Waals surface area (Å²) >= 11 is 0. The molecule has 0 unspecified atom stereocenters. The van der Waals surface area contributed by atoms with Gasteiger partial charge in [0.15, 0.2) is 17.5 Å². The molecule has 0 heterocycles. The number of rotatable bonds is 5. The number of halogens is 3. The lowest BCUT2D eigenvalue weighted by Crippen LogP contribution is -2.15. The van der Waals surface area contributed by atoms with Crippen LogP contribution in [0.25, 0.3) is 0 Å². The summed E-state index contributed by atoms with van der Waals surface area (Å²) in [7, 11) is 1.57. The Morgan fingerprint density at radius 1 is 0.852 bits per heavy atom. The van der Waals surface area contributed by atoms with E-state index in [0.29, 0.717) is 17.5 Å². The lowest BCUT2D eigenvalue weighted by atomic mass is 10.1. The Bertz CT molecular complexity index is 975. The molecule has 7 heteroatoms. The van der Waals surface area contributed by atoms with Gasteiger partial charge in [-0.15, -0.1) is 0 Å². The number of hydrogen-bond donors (Lipinski definition) is 2. The Labute approximate surface area is 153 Å². The molecule has 0 aromatic heterocycles. The zero-order chi connectivity index (χ0) is 19.4. The fourth-order valence-corrected chi connectivity index (χ4v) is 2.44. The molecule has 0 bridgehead atoms. The maximum Gasteiger partial charge on any atom is 0.258 e. The monoisotopic (exact) mass is 372 g/mol. The molecule has 0 saturated heterocycles. The number of carbonyl (C=O) groups is 1. The standard InChI is InChI=1S/C20H15F3N2O2/c1-27-17-5-3-2-4-16(17)24-12-6-8-13(9-7-12)25-20(26)14-10-11-15(21)19(23)18(14)22/h2-11,24H,1H3,(H,25,26). The molecule has 138 valence electrons. The summed E-state index contributed by atoms with van der Waals surface area (Å²) in [6.45, 7) is 0. The second kappa shape index (κ2) is 7.82. The Morgan fingerprint density at radius 2 is 1.52 bits per heavy atom. The van der Waals surface area contributed by atoms with Crippen molar-refractivity contribution in [2.75, 3.05) is 17.7 Å². The van der Waals surface area contributed by atoms with Gasteiger partial charge in [0.25, 0.3) is 5.91 Å². The average Bonchev–Trinajstić information content (AvgIpc) is 2.68. The van der Waals surface area contributed by atoms with Crippen LogP contribution in [0.5, 0.6) is 5.75 Å². The fourth-order valence-electron chi connectivity index (χ4n) is 2.44. The molecule has 27 heavy (non-hydrogen) atoms. The van der Waals surface area contributed by atoms with E-state index in [1.165, 1.54) is 0 Å². The maximum atomic E-state index is 13.7. The van der Waals surface area contributed by atoms with E-state index in [1.54, 1.807) is 31.4 Å². The van der Waals surface area contributed by atoms with Crippen LogP contribution in [-0.4, -0.2) is 13.0 Å². The quantitative estimate of drug-likeness (QED) is 0.612. The van der Waals surface area contributed by atoms with Crippen LogP contribution in [0.15, 0.2) is 60.7 Å². The van der Waals surface area contributed by atoms with Gasteiger partial charge < -0.3 is 15.4 Å². The molecule has 1 amide bonds. The van der Waals surface area contributed by atoms with Crippen molar-refractivity contribution in [3.05, 3.63) is 83.7 Å². The first-order valence-corrected chi connectivity index (χ1v) is 7.94. The van der Waals surface area contributed by atoms with Gasteiger partial charge in [-0.3, -0.25) is 4.79 Å². The number of benzene rings is 3. The van der Waals surface area contributed by atoms with Gasteiger partial charge in [0.1, 0.15) is 5.75 Å². The van der Waals surface area contributed by atoms with Crippen molar-refractivity contribution < 1.29 is 22.7 Å². The molecule has 0 aliphatic carbocycles. The van der Waals surface area contributed by atoms with Gasteiger partial charge in [-0.05, 0) is 48.5 Å². The van der Waals surface area contributed by atoms with Crippen molar-refractivity contribution in [1.29, 1.82) is 0 Å². The molecule has 3 rings (SSSR count). The van der Waals surface area contributed by atoms with E-state index in [1.807, 2.05) is 24.3 Å². The molecule has 0 spiro atoms. The Kier molecular flexibility index (Phi) is 5.30. The lowest BCUT2D eigenvalue weighted by molar-refractivity contribution is 0.102. The zero-order valence-electron chi connectivity index (χ0n) is 14.2. The molecule has 3 aromatic rings. The smallest absolute Gasteiger partial charge is 0.258 e. The van der Waals surface area contributed by atoms with Gasteiger partial charge >= 0.3 is 0 Å². The summed E-state index contributed by atoms with van der Waals surface area (Å²) < 4.78 is 45.2. The number of para-hydroxylation sites is 2. The Morgan fingerprint density at radius 3 is 2.22 bits per heavy atom. The number of carbonyl (C=O) groups excluding carboxylic acids is 1. The normalized spacial score (nSPS) is 10.4. The van der Waals surface area contributed by atoms with Crippen LogP contribution in [-0.2, 0) is 0 Å². The van der Waals surface area contributed by atoms with Gasteiger partial charge in [0.2, 0.25) is 0 Å². The van der Waals surface area contributed by atoms with Crippen molar-refractivity contribution in [3.63, 3.8) is 0 Å². The minimum atomic E-state index is -1.68. The SMILES string of the molecule is COc1ccccc1Nc1ccc(NC(=O)c2ccc(F)c(F)c2F)cc1. The van der Waals surface area contributed by atoms with E-state index in [4.69, 9.17) is 4.74 Å². The Balaban J connectivity index is 1.72. The summed E-state index contributed by atoms with van der Waals surface area (Å²) in [6, 6.07) is 15.5. The van der Waals surface area contributed by atoms with E-state index in [2.05, 4.69) is 10.6 Å². The number of anilines is 3. The highest BCUT2D eigenvalue weighted by Gasteiger charge is 2.18. The molecule has 0 aliphatic rings. The Hall–Kier alpha value is -3.48. The van der Waals surface area contributed by atoms with E-state index in [-0.39, 0.29) is 0 Å². The van der Waals surface area contributed by atoms with Crippen molar-refractivity contribution in [2.24, 2.45) is 0 Å². The van der Waals surface area contributed by atoms with Crippen molar-refractivity contribution in [3.8, 4) is 5.75 Å². The van der Waals surface area contributed by atoms with Crippen molar-refractivity contribution in [1.82, 2.24) is 0 Å². The zero-order valence-corrected chi connectivity index (χ0v) is 14.2. The topological polar surface area (TPSA) is 50.4 Å². The second-order valence-electron chi connectivity index (χ2n) is 5.58. The largest absolute Gasteiger partial charge is 0.495 e. The van der Waals surface area contributed by atoms with E-state index >= 15 is 0 Å². The van der Waals surface area contributed by atoms with E-state index < -0.39 is 28.9 Å². The molecular formula is C20H15F3N2O2. The molecular weight excluding hydrogens is 357 g/mol. The predicted octanol–water partition coefficient (Wildman–Crippen LogP) is 5.11. The highest BCUT2D eigenvalue weighted by Crippen LogP contribution is 2.27. The lowest BCUT2D eigenvalue weighted by Gasteiger charge is -2.12. The van der Waals surface area contributed by atoms with Crippen LogP contribution in [0.4, 0.5) is 30.2 Å². The summed E-state index contributed by atoms with van der Waals surface area (Å²) in [6.07, 6.45) is 0. The molecule has 4 nitrogen and oxygen atoms in total.